The third kappa shape index (κ3) is 5.22. The van der Waals surface area contributed by atoms with Crippen molar-refractivity contribution in [2.24, 2.45) is 11.3 Å². The summed E-state index contributed by atoms with van der Waals surface area (Å²) in [5, 5.41) is 3.12. The molecule has 1 unspecified atom stereocenters. The molecule has 1 fully saturated rings. The predicted molar refractivity (Wildman–Crippen MR) is 74.6 cm³/mol. The van der Waals surface area contributed by atoms with Crippen molar-refractivity contribution in [2.45, 2.75) is 33.6 Å². The van der Waals surface area contributed by atoms with E-state index in [2.05, 4.69) is 10.0 Å². The second-order valence-corrected chi connectivity index (χ2v) is 8.07. The van der Waals surface area contributed by atoms with E-state index in [9.17, 15) is 8.42 Å². The van der Waals surface area contributed by atoms with Gasteiger partial charge < -0.3 is 5.32 Å². The molecule has 0 aromatic rings. The van der Waals surface area contributed by atoms with Crippen LogP contribution in [-0.4, -0.2) is 45.9 Å². The van der Waals surface area contributed by atoms with Gasteiger partial charge in [0, 0.05) is 19.6 Å². The molecule has 1 aliphatic heterocycles. The first-order chi connectivity index (χ1) is 8.24. The van der Waals surface area contributed by atoms with Crippen LogP contribution in [0.2, 0.25) is 0 Å². The molecule has 0 aromatic carbocycles. The molecule has 5 nitrogen and oxygen atoms in total. The maximum absolute atomic E-state index is 12.2. The fraction of sp³-hybridized carbons (Fsp3) is 1.00. The Labute approximate surface area is 112 Å². The molecule has 1 aliphatic rings. The van der Waals surface area contributed by atoms with Crippen molar-refractivity contribution < 1.29 is 8.42 Å². The van der Waals surface area contributed by atoms with Gasteiger partial charge >= 0.3 is 0 Å². The van der Waals surface area contributed by atoms with Gasteiger partial charge in [0.05, 0.1) is 0 Å². The molecule has 0 spiro atoms. The van der Waals surface area contributed by atoms with Crippen LogP contribution in [0.4, 0.5) is 0 Å². The van der Waals surface area contributed by atoms with Gasteiger partial charge in [-0.2, -0.15) is 12.7 Å². The van der Waals surface area contributed by atoms with E-state index >= 15 is 0 Å². The summed E-state index contributed by atoms with van der Waals surface area (Å²) in [6.45, 7) is 8.69. The van der Waals surface area contributed by atoms with E-state index in [1.54, 1.807) is 4.31 Å². The Morgan fingerprint density at radius 1 is 1.33 bits per heavy atom. The quantitative estimate of drug-likeness (QED) is 0.781. The fourth-order valence-corrected chi connectivity index (χ4v) is 3.67. The summed E-state index contributed by atoms with van der Waals surface area (Å²) in [6.07, 6.45) is 2.05. The standard InChI is InChI=1S/C12H27N3O2S/c1-12(2,3)10-14-18(16,17)15-7-5-6-11(9-15)8-13-4/h11,13-14H,5-10H2,1-4H3. The van der Waals surface area contributed by atoms with Crippen molar-refractivity contribution >= 4 is 10.2 Å². The second-order valence-electron chi connectivity index (χ2n) is 6.31. The first kappa shape index (κ1) is 15.9. The fourth-order valence-electron chi connectivity index (χ4n) is 2.10. The van der Waals surface area contributed by atoms with E-state index in [1.807, 2.05) is 27.8 Å². The van der Waals surface area contributed by atoms with Crippen LogP contribution in [0.1, 0.15) is 33.6 Å². The third-order valence-corrected chi connectivity index (χ3v) is 4.62. The van der Waals surface area contributed by atoms with E-state index in [1.165, 1.54) is 0 Å². The minimum atomic E-state index is -3.31. The van der Waals surface area contributed by atoms with Crippen molar-refractivity contribution in [1.82, 2.24) is 14.3 Å². The van der Waals surface area contributed by atoms with Gasteiger partial charge in [-0.25, -0.2) is 4.72 Å². The van der Waals surface area contributed by atoms with Crippen molar-refractivity contribution in [1.29, 1.82) is 0 Å². The average Bonchev–Trinajstić information content (AvgIpc) is 2.27. The van der Waals surface area contributed by atoms with Crippen molar-refractivity contribution in [3.63, 3.8) is 0 Å². The summed E-state index contributed by atoms with van der Waals surface area (Å²) in [5.41, 5.74) is -0.0345. The zero-order valence-electron chi connectivity index (χ0n) is 12.0. The van der Waals surface area contributed by atoms with Crippen LogP contribution in [0, 0.1) is 11.3 Å². The van der Waals surface area contributed by atoms with Gasteiger partial charge in [0.15, 0.2) is 0 Å². The van der Waals surface area contributed by atoms with E-state index in [0.29, 0.717) is 25.6 Å². The molecule has 1 rings (SSSR count). The third-order valence-electron chi connectivity index (χ3n) is 3.10. The summed E-state index contributed by atoms with van der Waals surface area (Å²) in [6, 6.07) is 0. The molecule has 1 heterocycles. The minimum Gasteiger partial charge on any atom is -0.319 e. The highest BCUT2D eigenvalue weighted by atomic mass is 32.2. The molecular weight excluding hydrogens is 250 g/mol. The Morgan fingerprint density at radius 2 is 2.00 bits per heavy atom. The lowest BCUT2D eigenvalue weighted by Gasteiger charge is -2.32. The Bertz CT molecular complexity index is 347. The van der Waals surface area contributed by atoms with Gasteiger partial charge in [-0.15, -0.1) is 0 Å². The van der Waals surface area contributed by atoms with E-state index in [4.69, 9.17) is 0 Å². The Kier molecular flexibility index (Phi) is 5.58. The van der Waals surface area contributed by atoms with Gasteiger partial charge in [0.25, 0.3) is 10.2 Å². The van der Waals surface area contributed by atoms with E-state index < -0.39 is 10.2 Å². The summed E-state index contributed by atoms with van der Waals surface area (Å²) in [5.74, 6) is 0.426. The lowest BCUT2D eigenvalue weighted by molar-refractivity contribution is 0.259. The molecule has 18 heavy (non-hydrogen) atoms. The van der Waals surface area contributed by atoms with Gasteiger partial charge in [-0.05, 0) is 37.8 Å². The second kappa shape index (κ2) is 6.32. The lowest BCUT2D eigenvalue weighted by atomic mass is 9.98. The summed E-state index contributed by atoms with van der Waals surface area (Å²) >= 11 is 0. The first-order valence-electron chi connectivity index (χ1n) is 6.64. The minimum absolute atomic E-state index is 0.0345. The largest absolute Gasteiger partial charge is 0.319 e. The topological polar surface area (TPSA) is 61.4 Å². The number of hydrogen-bond acceptors (Lipinski definition) is 3. The normalized spacial score (nSPS) is 23.2. The molecule has 2 N–H and O–H groups in total. The van der Waals surface area contributed by atoms with Crippen molar-refractivity contribution in [3.05, 3.63) is 0 Å². The molecule has 1 atom stereocenters. The zero-order chi connectivity index (χ0) is 13.8. The zero-order valence-corrected chi connectivity index (χ0v) is 12.8. The predicted octanol–water partition coefficient (Wildman–Crippen LogP) is 0.798. The smallest absolute Gasteiger partial charge is 0.279 e. The Morgan fingerprint density at radius 3 is 2.56 bits per heavy atom. The maximum Gasteiger partial charge on any atom is 0.279 e. The molecule has 0 bridgehead atoms. The molecule has 0 aliphatic carbocycles. The van der Waals surface area contributed by atoms with Gasteiger partial charge in [-0.1, -0.05) is 20.8 Å². The molecule has 0 aromatic heterocycles. The lowest BCUT2D eigenvalue weighted by Crippen LogP contribution is -2.48. The summed E-state index contributed by atoms with van der Waals surface area (Å²) in [7, 11) is -1.40. The number of rotatable bonds is 5. The first-order valence-corrected chi connectivity index (χ1v) is 8.08. The molecule has 108 valence electrons. The van der Waals surface area contributed by atoms with Crippen LogP contribution in [0.15, 0.2) is 0 Å². The van der Waals surface area contributed by atoms with Crippen LogP contribution in [-0.2, 0) is 10.2 Å². The van der Waals surface area contributed by atoms with Crippen LogP contribution >= 0.6 is 0 Å². The molecular formula is C12H27N3O2S. The molecule has 0 saturated carbocycles. The highest BCUT2D eigenvalue weighted by Crippen LogP contribution is 2.19. The number of nitrogens with zero attached hydrogens (tertiary/aromatic N) is 1. The van der Waals surface area contributed by atoms with Crippen LogP contribution < -0.4 is 10.0 Å². The highest BCUT2D eigenvalue weighted by Gasteiger charge is 2.29. The monoisotopic (exact) mass is 277 g/mol. The van der Waals surface area contributed by atoms with Crippen LogP contribution in [0.25, 0.3) is 0 Å². The summed E-state index contributed by atoms with van der Waals surface area (Å²) < 4.78 is 28.6. The summed E-state index contributed by atoms with van der Waals surface area (Å²) in [4.78, 5) is 0. The van der Waals surface area contributed by atoms with Crippen LogP contribution in [0.5, 0.6) is 0 Å². The van der Waals surface area contributed by atoms with E-state index in [0.717, 1.165) is 19.4 Å². The molecule has 0 radical (unpaired) electrons. The molecule has 6 heteroatoms. The molecule has 1 saturated heterocycles. The highest BCUT2D eigenvalue weighted by molar-refractivity contribution is 7.87. The number of hydrogen-bond donors (Lipinski definition) is 2. The number of piperidine rings is 1. The Hall–Kier alpha value is -0.170. The van der Waals surface area contributed by atoms with E-state index in [-0.39, 0.29) is 5.41 Å². The number of nitrogens with one attached hydrogen (secondary N) is 2. The maximum atomic E-state index is 12.2. The molecule has 0 amide bonds. The van der Waals surface area contributed by atoms with Crippen LogP contribution in [0.3, 0.4) is 0 Å². The van der Waals surface area contributed by atoms with Crippen molar-refractivity contribution in [3.8, 4) is 0 Å². The van der Waals surface area contributed by atoms with Gasteiger partial charge in [0.2, 0.25) is 0 Å². The Balaban J connectivity index is 2.56. The van der Waals surface area contributed by atoms with Gasteiger partial charge in [-0.3, -0.25) is 0 Å². The van der Waals surface area contributed by atoms with Gasteiger partial charge in [0.1, 0.15) is 0 Å². The SMILES string of the molecule is CNCC1CCCN(S(=O)(=O)NCC(C)(C)C)C1. The van der Waals surface area contributed by atoms with Crippen molar-refractivity contribution in [2.75, 3.05) is 33.2 Å². The average molecular weight is 277 g/mol.